The van der Waals surface area contributed by atoms with E-state index in [-0.39, 0.29) is 11.6 Å². The van der Waals surface area contributed by atoms with Crippen LogP contribution < -0.4 is 10.4 Å². The molecule has 1 unspecified atom stereocenters. The van der Waals surface area contributed by atoms with Gasteiger partial charge in [0.05, 0.1) is 18.4 Å². The van der Waals surface area contributed by atoms with Gasteiger partial charge in [-0.1, -0.05) is 17.9 Å². The molecule has 0 amide bonds. The van der Waals surface area contributed by atoms with E-state index < -0.39 is 11.7 Å². The molecule has 1 aromatic carbocycles. The van der Waals surface area contributed by atoms with Gasteiger partial charge in [-0.15, -0.1) is 0 Å². The lowest BCUT2D eigenvalue weighted by Crippen LogP contribution is -2.87. The van der Waals surface area contributed by atoms with Gasteiger partial charge in [-0.05, 0) is 6.07 Å². The molecule has 2 heterocycles. The van der Waals surface area contributed by atoms with Gasteiger partial charge in [-0.3, -0.25) is 0 Å². The van der Waals surface area contributed by atoms with Crippen LogP contribution in [0, 0.1) is 0 Å². The van der Waals surface area contributed by atoms with Gasteiger partial charge in [0.25, 0.3) is 0 Å². The van der Waals surface area contributed by atoms with Crippen molar-refractivity contribution in [3.63, 3.8) is 0 Å². The highest BCUT2D eigenvalue weighted by molar-refractivity contribution is 5.91. The predicted molar refractivity (Wildman–Crippen MR) is 63.8 cm³/mol. The van der Waals surface area contributed by atoms with Crippen molar-refractivity contribution in [1.29, 1.82) is 0 Å². The number of hydrogen-bond donors (Lipinski definition) is 3. The molecule has 98 valence electrons. The van der Waals surface area contributed by atoms with Crippen molar-refractivity contribution in [3.8, 4) is 5.75 Å². The lowest BCUT2D eigenvalue weighted by molar-refractivity contribution is -0.691. The number of H-pyrrole nitrogens is 1. The fourth-order valence-corrected chi connectivity index (χ4v) is 2.55. The Morgan fingerprint density at radius 2 is 2.37 bits per heavy atom. The average Bonchev–Trinajstić information content (AvgIpc) is 2.87. The fraction of sp³-hybridized carbons (Fsp3) is 0.231. The van der Waals surface area contributed by atoms with Crippen LogP contribution in [-0.4, -0.2) is 27.6 Å². The van der Waals surface area contributed by atoms with Crippen molar-refractivity contribution < 1.29 is 20.3 Å². The van der Waals surface area contributed by atoms with Gasteiger partial charge in [-0.25, -0.2) is 9.78 Å². The molecule has 3 rings (SSSR count). The lowest BCUT2D eigenvalue weighted by Gasteiger charge is -2.25. The summed E-state index contributed by atoms with van der Waals surface area (Å²) in [5, 5.41) is 23.2. The molecular weight excluding hydrogens is 246 g/mol. The number of aromatic amines is 1. The lowest BCUT2D eigenvalue weighted by atomic mass is 9.95. The monoisotopic (exact) mass is 259 g/mol. The van der Waals surface area contributed by atoms with E-state index >= 15 is 0 Å². The first kappa shape index (κ1) is 11.7. The minimum atomic E-state index is -1.19. The van der Waals surface area contributed by atoms with Gasteiger partial charge in [0.2, 0.25) is 0 Å². The number of nitrogens with two attached hydrogens (primary N) is 1. The molecule has 6 heteroatoms. The minimum Gasteiger partial charge on any atom is -0.872 e. The Bertz CT molecular complexity index is 636. The first-order valence-corrected chi connectivity index (χ1v) is 6.07. The van der Waals surface area contributed by atoms with Gasteiger partial charge < -0.3 is 20.5 Å². The van der Waals surface area contributed by atoms with Crippen molar-refractivity contribution >= 4 is 5.97 Å². The Labute approximate surface area is 109 Å². The predicted octanol–water partition coefficient (Wildman–Crippen LogP) is -0.610. The molecule has 0 bridgehead atoms. The van der Waals surface area contributed by atoms with Crippen LogP contribution in [0.3, 0.4) is 0 Å². The largest absolute Gasteiger partial charge is 0.872 e. The maximum absolute atomic E-state index is 12.2. The summed E-state index contributed by atoms with van der Waals surface area (Å²) < 4.78 is 0. The van der Waals surface area contributed by atoms with E-state index in [4.69, 9.17) is 5.11 Å². The number of rotatable bonds is 2. The molecular formula is C13H13N3O3. The summed E-state index contributed by atoms with van der Waals surface area (Å²) in [5.41, 5.74) is 2.14. The highest BCUT2D eigenvalue weighted by Crippen LogP contribution is 2.29. The van der Waals surface area contributed by atoms with E-state index in [1.54, 1.807) is 18.5 Å². The Morgan fingerprint density at radius 3 is 3.16 bits per heavy atom. The van der Waals surface area contributed by atoms with Gasteiger partial charge >= 0.3 is 5.97 Å². The molecule has 0 fully saturated rings. The van der Waals surface area contributed by atoms with Crippen LogP contribution in [0.25, 0.3) is 0 Å². The molecule has 6 nitrogen and oxygen atoms in total. The minimum absolute atomic E-state index is 0.187. The summed E-state index contributed by atoms with van der Waals surface area (Å²) in [5.74, 6) is -1.61. The Balaban J connectivity index is 2.10. The smallest absolute Gasteiger partial charge is 0.335 e. The first-order valence-electron chi connectivity index (χ1n) is 6.07. The third-order valence-corrected chi connectivity index (χ3v) is 3.45. The molecule has 0 aliphatic carbocycles. The van der Waals surface area contributed by atoms with Gasteiger partial charge in [-0.2, -0.15) is 0 Å². The Kier molecular flexibility index (Phi) is 2.72. The Hall–Kier alpha value is -2.34. The standard InChI is InChI=1S/C13H13N3O3/c17-12-7(2-1-3-8(12)13(18)19)10-11-9(4-5-14-10)15-6-16-11/h1-3,6,10,14,17H,4-5H2,(H,15,16)(H,18,19). The number of para-hydroxylation sites is 1. The van der Waals surface area contributed by atoms with Gasteiger partial charge in [0, 0.05) is 17.7 Å². The molecule has 19 heavy (non-hydrogen) atoms. The van der Waals surface area contributed by atoms with E-state index in [0.717, 1.165) is 24.4 Å². The average molecular weight is 259 g/mol. The zero-order chi connectivity index (χ0) is 13.4. The number of aromatic carboxylic acids is 1. The number of carboxylic acid groups (broad SMARTS) is 1. The van der Waals surface area contributed by atoms with Crippen LogP contribution in [0.5, 0.6) is 5.75 Å². The van der Waals surface area contributed by atoms with Crippen LogP contribution in [-0.2, 0) is 6.42 Å². The van der Waals surface area contributed by atoms with Crippen LogP contribution in [0.4, 0.5) is 0 Å². The number of nitrogens with zero attached hydrogens (tertiary/aromatic N) is 1. The third-order valence-electron chi connectivity index (χ3n) is 3.45. The van der Waals surface area contributed by atoms with Crippen molar-refractivity contribution in [2.45, 2.75) is 12.5 Å². The summed E-state index contributed by atoms with van der Waals surface area (Å²) in [6, 6.07) is 4.40. The normalized spacial score (nSPS) is 18.0. The molecule has 1 atom stereocenters. The number of imidazole rings is 1. The van der Waals surface area contributed by atoms with Crippen LogP contribution in [0.2, 0.25) is 0 Å². The number of nitrogens with one attached hydrogen (secondary N) is 1. The third kappa shape index (κ3) is 1.86. The van der Waals surface area contributed by atoms with E-state index in [0.29, 0.717) is 5.56 Å². The number of carboxylic acids is 1. The molecule has 1 aliphatic rings. The van der Waals surface area contributed by atoms with Gasteiger partial charge in [0.15, 0.2) is 6.04 Å². The summed E-state index contributed by atoms with van der Waals surface area (Å²) in [4.78, 5) is 18.3. The van der Waals surface area contributed by atoms with Crippen molar-refractivity contribution in [2.75, 3.05) is 6.54 Å². The van der Waals surface area contributed by atoms with E-state index in [1.807, 2.05) is 5.32 Å². The topological polar surface area (TPSA) is 106 Å². The zero-order valence-electron chi connectivity index (χ0n) is 10.1. The highest BCUT2D eigenvalue weighted by Gasteiger charge is 2.28. The zero-order valence-corrected chi connectivity index (χ0v) is 10.1. The maximum Gasteiger partial charge on any atom is 0.335 e. The quantitative estimate of drug-likeness (QED) is 0.669. The number of quaternary nitrogens is 1. The summed E-state index contributed by atoms with van der Waals surface area (Å²) in [6.45, 7) is 0.844. The second-order valence-electron chi connectivity index (χ2n) is 4.55. The molecule has 0 saturated carbocycles. The molecule has 0 saturated heterocycles. The van der Waals surface area contributed by atoms with Crippen LogP contribution >= 0.6 is 0 Å². The number of fused-ring (bicyclic) bond motifs is 1. The molecule has 0 radical (unpaired) electrons. The van der Waals surface area contributed by atoms with E-state index in [2.05, 4.69) is 9.97 Å². The van der Waals surface area contributed by atoms with Crippen molar-refractivity contribution in [2.24, 2.45) is 0 Å². The van der Waals surface area contributed by atoms with E-state index in [9.17, 15) is 9.90 Å². The maximum atomic E-state index is 12.2. The van der Waals surface area contributed by atoms with Gasteiger partial charge in [0.1, 0.15) is 5.69 Å². The van der Waals surface area contributed by atoms with E-state index in [1.165, 1.54) is 6.07 Å². The molecule has 0 spiro atoms. The molecule has 1 aliphatic heterocycles. The molecule has 2 aromatic rings. The second-order valence-corrected chi connectivity index (χ2v) is 4.55. The number of carbonyl (C=O) groups is 1. The summed E-state index contributed by atoms with van der Waals surface area (Å²) in [7, 11) is 0. The number of aromatic nitrogens is 2. The summed E-state index contributed by atoms with van der Waals surface area (Å²) >= 11 is 0. The molecule has 1 aromatic heterocycles. The van der Waals surface area contributed by atoms with Crippen molar-refractivity contribution in [1.82, 2.24) is 9.97 Å². The van der Waals surface area contributed by atoms with Crippen molar-refractivity contribution in [3.05, 3.63) is 47.0 Å². The van der Waals surface area contributed by atoms with Crippen LogP contribution in [0.15, 0.2) is 24.5 Å². The van der Waals surface area contributed by atoms with Crippen LogP contribution in [0.1, 0.15) is 33.4 Å². The molecule has 4 N–H and O–H groups in total. The highest BCUT2D eigenvalue weighted by atomic mass is 16.4. The number of benzene rings is 1. The SMILES string of the molecule is O=C(O)c1cccc(C2[NH2+]CCc3[nH]cnc32)c1[O-]. The summed E-state index contributed by atoms with van der Waals surface area (Å²) in [6.07, 6.45) is 2.49. The Morgan fingerprint density at radius 1 is 1.53 bits per heavy atom. The fourth-order valence-electron chi connectivity index (χ4n) is 2.55. The second kappa shape index (κ2) is 4.40. The number of hydrogen-bond acceptors (Lipinski definition) is 3. The first-order chi connectivity index (χ1) is 9.18.